The normalized spacial score (nSPS) is 10.2. The van der Waals surface area contributed by atoms with Gasteiger partial charge in [-0.1, -0.05) is 12.1 Å². The van der Waals surface area contributed by atoms with E-state index in [4.69, 9.17) is 0 Å². The number of non-ortho nitro benzene ring substituents is 1. The second kappa shape index (κ2) is 8.35. The minimum absolute atomic E-state index is 0.0463. The van der Waals surface area contributed by atoms with E-state index in [1.165, 1.54) is 23.9 Å². The van der Waals surface area contributed by atoms with Crippen molar-refractivity contribution >= 4 is 29.0 Å². The van der Waals surface area contributed by atoms with Crippen molar-refractivity contribution in [2.75, 3.05) is 24.7 Å². The zero-order chi connectivity index (χ0) is 17.5. The molecule has 0 saturated heterocycles. The van der Waals surface area contributed by atoms with Gasteiger partial charge in [0.25, 0.3) is 5.69 Å². The summed E-state index contributed by atoms with van der Waals surface area (Å²) in [6.07, 6.45) is 0. The van der Waals surface area contributed by atoms with Crippen LogP contribution >= 0.6 is 11.8 Å². The Labute approximate surface area is 145 Å². The summed E-state index contributed by atoms with van der Waals surface area (Å²) in [7, 11) is 3.96. The molecule has 0 bridgehead atoms. The maximum atomic E-state index is 11.9. The number of amides is 1. The van der Waals surface area contributed by atoms with E-state index in [9.17, 15) is 14.9 Å². The van der Waals surface area contributed by atoms with E-state index in [0.29, 0.717) is 6.54 Å². The van der Waals surface area contributed by atoms with Gasteiger partial charge in [0.2, 0.25) is 5.91 Å². The third kappa shape index (κ3) is 5.27. The molecule has 0 atom stereocenters. The highest BCUT2D eigenvalue weighted by atomic mass is 32.2. The van der Waals surface area contributed by atoms with E-state index in [2.05, 4.69) is 5.32 Å². The molecule has 0 heterocycles. The van der Waals surface area contributed by atoms with Gasteiger partial charge in [-0.25, -0.2) is 0 Å². The number of hydrogen-bond acceptors (Lipinski definition) is 5. The molecule has 1 N–H and O–H groups in total. The Morgan fingerprint density at radius 2 is 1.75 bits per heavy atom. The smallest absolute Gasteiger partial charge is 0.269 e. The predicted octanol–water partition coefficient (Wildman–Crippen LogP) is 3.07. The standard InChI is InChI=1S/C17H19N3O3S/c1-19(2)14-5-3-13(4-6-14)11-18-17(21)12-24-16-9-7-15(8-10-16)20(22)23/h3-10H,11-12H2,1-2H3,(H,18,21). The number of carbonyl (C=O) groups excluding carboxylic acids is 1. The Hall–Kier alpha value is -2.54. The van der Waals surface area contributed by atoms with Crippen LogP contribution in [0.5, 0.6) is 0 Å². The first kappa shape index (κ1) is 17.8. The topological polar surface area (TPSA) is 75.5 Å². The largest absolute Gasteiger partial charge is 0.378 e. The molecule has 2 aromatic carbocycles. The van der Waals surface area contributed by atoms with Crippen molar-refractivity contribution < 1.29 is 9.72 Å². The van der Waals surface area contributed by atoms with Crippen molar-refractivity contribution in [3.63, 3.8) is 0 Å². The molecule has 0 aromatic heterocycles. The molecule has 0 unspecified atom stereocenters. The summed E-state index contributed by atoms with van der Waals surface area (Å²) < 4.78 is 0. The zero-order valence-corrected chi connectivity index (χ0v) is 14.4. The molecule has 24 heavy (non-hydrogen) atoms. The molecule has 0 saturated carbocycles. The molecule has 0 radical (unpaired) electrons. The van der Waals surface area contributed by atoms with Crippen LogP contribution < -0.4 is 10.2 Å². The average molecular weight is 345 g/mol. The monoisotopic (exact) mass is 345 g/mol. The van der Waals surface area contributed by atoms with E-state index >= 15 is 0 Å². The number of nitrogens with zero attached hydrogens (tertiary/aromatic N) is 2. The Balaban J connectivity index is 1.77. The van der Waals surface area contributed by atoms with Crippen molar-refractivity contribution in [1.82, 2.24) is 5.32 Å². The predicted molar refractivity (Wildman–Crippen MR) is 96.4 cm³/mol. The number of nitro benzene ring substituents is 1. The van der Waals surface area contributed by atoms with Crippen LogP contribution in [-0.2, 0) is 11.3 Å². The van der Waals surface area contributed by atoms with Crippen LogP contribution in [0.25, 0.3) is 0 Å². The van der Waals surface area contributed by atoms with Gasteiger partial charge in [0.05, 0.1) is 10.7 Å². The van der Waals surface area contributed by atoms with E-state index in [-0.39, 0.29) is 17.3 Å². The molecule has 7 heteroatoms. The molecule has 0 aliphatic rings. The zero-order valence-electron chi connectivity index (χ0n) is 13.6. The van der Waals surface area contributed by atoms with Gasteiger partial charge < -0.3 is 10.2 Å². The number of anilines is 1. The lowest BCUT2D eigenvalue weighted by molar-refractivity contribution is -0.384. The minimum Gasteiger partial charge on any atom is -0.378 e. The summed E-state index contributed by atoms with van der Waals surface area (Å²) in [5, 5.41) is 13.5. The van der Waals surface area contributed by atoms with Gasteiger partial charge in [-0.3, -0.25) is 14.9 Å². The highest BCUT2D eigenvalue weighted by Crippen LogP contribution is 2.21. The van der Waals surface area contributed by atoms with Crippen LogP contribution in [0.2, 0.25) is 0 Å². The Morgan fingerprint density at radius 3 is 2.29 bits per heavy atom. The molecule has 0 aliphatic carbocycles. The second-order valence-electron chi connectivity index (χ2n) is 5.38. The van der Waals surface area contributed by atoms with Gasteiger partial charge in [0, 0.05) is 43.4 Å². The van der Waals surface area contributed by atoms with E-state index < -0.39 is 4.92 Å². The van der Waals surface area contributed by atoms with Crippen LogP contribution in [0.4, 0.5) is 11.4 Å². The molecule has 0 aliphatic heterocycles. The second-order valence-corrected chi connectivity index (χ2v) is 6.43. The van der Waals surface area contributed by atoms with Gasteiger partial charge in [0.1, 0.15) is 0 Å². The third-order valence-corrected chi connectivity index (χ3v) is 4.37. The third-order valence-electron chi connectivity index (χ3n) is 3.36. The van der Waals surface area contributed by atoms with Crippen LogP contribution in [0.3, 0.4) is 0 Å². The molecule has 2 aromatic rings. The van der Waals surface area contributed by atoms with E-state index in [1.54, 1.807) is 12.1 Å². The first-order chi connectivity index (χ1) is 11.5. The minimum atomic E-state index is -0.442. The van der Waals surface area contributed by atoms with Crippen LogP contribution in [0, 0.1) is 10.1 Å². The molecular formula is C17H19N3O3S. The maximum absolute atomic E-state index is 11.9. The number of carbonyl (C=O) groups is 1. The van der Waals surface area contributed by atoms with Gasteiger partial charge >= 0.3 is 0 Å². The highest BCUT2D eigenvalue weighted by Gasteiger charge is 2.06. The van der Waals surface area contributed by atoms with Crippen LogP contribution in [0.15, 0.2) is 53.4 Å². The SMILES string of the molecule is CN(C)c1ccc(CNC(=O)CSc2ccc([N+](=O)[O-])cc2)cc1. The lowest BCUT2D eigenvalue weighted by atomic mass is 10.2. The number of nitro groups is 1. The fourth-order valence-corrected chi connectivity index (χ4v) is 2.70. The number of nitrogens with one attached hydrogen (secondary N) is 1. The maximum Gasteiger partial charge on any atom is 0.269 e. The summed E-state index contributed by atoms with van der Waals surface area (Å²) in [5.41, 5.74) is 2.19. The number of benzene rings is 2. The first-order valence-corrected chi connectivity index (χ1v) is 8.34. The quantitative estimate of drug-likeness (QED) is 0.474. The van der Waals surface area contributed by atoms with E-state index in [1.807, 2.05) is 43.3 Å². The summed E-state index contributed by atoms with van der Waals surface area (Å²) in [5.74, 6) is 0.197. The van der Waals surface area contributed by atoms with Crippen molar-refractivity contribution in [3.05, 3.63) is 64.2 Å². The number of rotatable bonds is 7. The van der Waals surface area contributed by atoms with Gasteiger partial charge in [-0.05, 0) is 29.8 Å². The number of thioether (sulfide) groups is 1. The molecule has 0 spiro atoms. The van der Waals surface area contributed by atoms with Crippen LogP contribution in [0.1, 0.15) is 5.56 Å². The Kier molecular flexibility index (Phi) is 6.20. The van der Waals surface area contributed by atoms with Crippen molar-refractivity contribution in [2.24, 2.45) is 0 Å². The summed E-state index contributed by atoms with van der Waals surface area (Å²) >= 11 is 1.35. The Bertz CT molecular complexity index is 700. The lowest BCUT2D eigenvalue weighted by Gasteiger charge is -2.12. The molecule has 0 fully saturated rings. The fourth-order valence-electron chi connectivity index (χ4n) is 1.98. The fraction of sp³-hybridized carbons (Fsp3) is 0.235. The molecule has 6 nitrogen and oxygen atoms in total. The van der Waals surface area contributed by atoms with Crippen molar-refractivity contribution in [2.45, 2.75) is 11.4 Å². The lowest BCUT2D eigenvalue weighted by Crippen LogP contribution is -2.24. The van der Waals surface area contributed by atoms with Crippen molar-refractivity contribution in [3.8, 4) is 0 Å². The summed E-state index contributed by atoms with van der Waals surface area (Å²) in [6, 6.07) is 14.2. The van der Waals surface area contributed by atoms with Gasteiger partial charge in [0.15, 0.2) is 0 Å². The highest BCUT2D eigenvalue weighted by molar-refractivity contribution is 8.00. The van der Waals surface area contributed by atoms with E-state index in [0.717, 1.165) is 16.1 Å². The van der Waals surface area contributed by atoms with Gasteiger partial charge in [-0.2, -0.15) is 0 Å². The summed E-state index contributed by atoms with van der Waals surface area (Å²) in [4.78, 5) is 24.9. The molecule has 1 amide bonds. The molecule has 126 valence electrons. The molecule has 2 rings (SSSR count). The first-order valence-electron chi connectivity index (χ1n) is 7.36. The number of hydrogen-bond donors (Lipinski definition) is 1. The van der Waals surface area contributed by atoms with Crippen molar-refractivity contribution in [1.29, 1.82) is 0 Å². The average Bonchev–Trinajstić information content (AvgIpc) is 2.58. The molecular weight excluding hydrogens is 326 g/mol. The van der Waals surface area contributed by atoms with Gasteiger partial charge in [-0.15, -0.1) is 11.8 Å². The summed E-state index contributed by atoms with van der Waals surface area (Å²) in [6.45, 7) is 0.480. The Morgan fingerprint density at radius 1 is 1.12 bits per heavy atom. The van der Waals surface area contributed by atoms with Crippen LogP contribution in [-0.4, -0.2) is 30.7 Å².